The molecule has 0 N–H and O–H groups in total. The van der Waals surface area contributed by atoms with Crippen molar-refractivity contribution in [3.63, 3.8) is 0 Å². The number of carbonyl (C=O) groups is 1. The molecule has 0 aliphatic carbocycles. The third kappa shape index (κ3) is 2.23. The van der Waals surface area contributed by atoms with Crippen LogP contribution in [0.2, 0.25) is 0 Å². The lowest BCUT2D eigenvalue weighted by Crippen LogP contribution is -2.13. The second-order valence-electron chi connectivity index (χ2n) is 3.64. The van der Waals surface area contributed by atoms with Crippen LogP contribution < -0.4 is 0 Å². The van der Waals surface area contributed by atoms with Crippen LogP contribution in [-0.2, 0) is 11.2 Å². The number of hydrogen-bond donors (Lipinski definition) is 0. The highest BCUT2D eigenvalue weighted by atomic mass is 16.5. The zero-order valence-corrected chi connectivity index (χ0v) is 10.4. The van der Waals surface area contributed by atoms with Crippen molar-refractivity contribution >= 4 is 5.97 Å². The molecule has 1 heterocycles. The fourth-order valence-electron chi connectivity index (χ4n) is 1.83. The fourth-order valence-corrected chi connectivity index (χ4v) is 1.83. The topological polar surface area (TPSA) is 57.0 Å². The van der Waals surface area contributed by atoms with Crippen molar-refractivity contribution in [2.75, 3.05) is 7.11 Å². The summed E-state index contributed by atoms with van der Waals surface area (Å²) in [7, 11) is 1.36. The van der Waals surface area contributed by atoms with Gasteiger partial charge in [-0.05, 0) is 19.3 Å². The molecule has 0 aromatic carbocycles. The molecule has 1 aromatic rings. The molecule has 0 amide bonds. The molecule has 90 valence electrons. The smallest absolute Gasteiger partial charge is 0.360 e. The Morgan fingerprint density at radius 3 is 2.44 bits per heavy atom. The van der Waals surface area contributed by atoms with E-state index in [9.17, 15) is 4.79 Å². The minimum absolute atomic E-state index is 0.306. The lowest BCUT2D eigenvalue weighted by atomic mass is 10.1. The molecule has 5 heteroatoms. The summed E-state index contributed by atoms with van der Waals surface area (Å²) in [5.41, 5.74) is 1.21. The van der Waals surface area contributed by atoms with Gasteiger partial charge >= 0.3 is 5.97 Å². The molecule has 0 atom stereocenters. The maximum absolute atomic E-state index is 11.5. The van der Waals surface area contributed by atoms with Crippen LogP contribution in [0.5, 0.6) is 0 Å². The molecule has 0 saturated heterocycles. The molecule has 5 nitrogen and oxygen atoms in total. The van der Waals surface area contributed by atoms with E-state index >= 15 is 0 Å². The van der Waals surface area contributed by atoms with E-state index in [1.165, 1.54) is 7.11 Å². The Kier molecular flexibility index (Phi) is 4.46. The van der Waals surface area contributed by atoms with Crippen LogP contribution in [0.1, 0.15) is 55.8 Å². The van der Waals surface area contributed by atoms with Gasteiger partial charge in [0.05, 0.1) is 18.8 Å². The second-order valence-corrected chi connectivity index (χ2v) is 3.64. The Morgan fingerprint density at radius 1 is 1.38 bits per heavy atom. The van der Waals surface area contributed by atoms with Gasteiger partial charge < -0.3 is 4.74 Å². The van der Waals surface area contributed by atoms with Crippen molar-refractivity contribution in [2.24, 2.45) is 0 Å². The molecule has 0 aliphatic heterocycles. The highest BCUT2D eigenvalue weighted by Crippen LogP contribution is 2.19. The summed E-state index contributed by atoms with van der Waals surface area (Å²) in [6, 6.07) is 0.306. The first-order valence-corrected chi connectivity index (χ1v) is 5.71. The van der Waals surface area contributed by atoms with Crippen molar-refractivity contribution < 1.29 is 9.53 Å². The molecule has 0 aliphatic rings. The molecule has 0 bridgehead atoms. The summed E-state index contributed by atoms with van der Waals surface area (Å²) in [4.78, 5) is 11.5. The molecule has 0 unspecified atom stereocenters. The van der Waals surface area contributed by atoms with Crippen LogP contribution in [0.3, 0.4) is 0 Å². The minimum atomic E-state index is -0.408. The third-order valence-electron chi connectivity index (χ3n) is 2.79. The Labute approximate surface area is 95.8 Å². The Morgan fingerprint density at radius 2 is 2.00 bits per heavy atom. The van der Waals surface area contributed by atoms with E-state index < -0.39 is 5.97 Å². The van der Waals surface area contributed by atoms with E-state index in [2.05, 4.69) is 28.9 Å². The van der Waals surface area contributed by atoms with Gasteiger partial charge in [-0.2, -0.15) is 0 Å². The summed E-state index contributed by atoms with van der Waals surface area (Å²) in [6.45, 7) is 6.20. The number of esters is 1. The monoisotopic (exact) mass is 225 g/mol. The van der Waals surface area contributed by atoms with Crippen molar-refractivity contribution in [1.82, 2.24) is 15.0 Å². The van der Waals surface area contributed by atoms with Crippen LogP contribution in [0.4, 0.5) is 0 Å². The zero-order chi connectivity index (χ0) is 12.1. The summed E-state index contributed by atoms with van der Waals surface area (Å²) < 4.78 is 6.54. The Balaban J connectivity index is 3.12. The van der Waals surface area contributed by atoms with Crippen molar-refractivity contribution in [3.8, 4) is 0 Å². The Hall–Kier alpha value is -1.39. The van der Waals surface area contributed by atoms with Crippen molar-refractivity contribution in [2.45, 2.75) is 46.1 Å². The second kappa shape index (κ2) is 5.63. The largest absolute Gasteiger partial charge is 0.464 e. The van der Waals surface area contributed by atoms with Gasteiger partial charge in [-0.3, -0.25) is 0 Å². The first kappa shape index (κ1) is 12.7. The van der Waals surface area contributed by atoms with Gasteiger partial charge in [0.25, 0.3) is 0 Å². The van der Waals surface area contributed by atoms with Gasteiger partial charge in [0.1, 0.15) is 0 Å². The maximum Gasteiger partial charge on any atom is 0.360 e. The van der Waals surface area contributed by atoms with E-state index in [1.54, 1.807) is 0 Å². The molecular formula is C11H19N3O2. The first-order chi connectivity index (χ1) is 7.69. The average molecular weight is 225 g/mol. The summed E-state index contributed by atoms with van der Waals surface area (Å²) >= 11 is 0. The number of hydrogen-bond acceptors (Lipinski definition) is 4. The van der Waals surface area contributed by atoms with Gasteiger partial charge in [-0.25, -0.2) is 9.48 Å². The number of carbonyl (C=O) groups excluding carboxylic acids is 1. The van der Waals surface area contributed by atoms with E-state index in [0.29, 0.717) is 11.7 Å². The van der Waals surface area contributed by atoms with E-state index in [-0.39, 0.29) is 0 Å². The highest BCUT2D eigenvalue weighted by Gasteiger charge is 2.21. The first-order valence-electron chi connectivity index (χ1n) is 5.71. The summed E-state index contributed by atoms with van der Waals surface area (Å²) in [5.74, 6) is -0.408. The third-order valence-corrected chi connectivity index (χ3v) is 2.79. The number of ether oxygens (including phenoxy) is 1. The quantitative estimate of drug-likeness (QED) is 0.719. The predicted octanol–water partition coefficient (Wildman–Crippen LogP) is 1.99. The van der Waals surface area contributed by atoms with Gasteiger partial charge in [0.15, 0.2) is 5.69 Å². The van der Waals surface area contributed by atoms with E-state index in [4.69, 9.17) is 0 Å². The fraction of sp³-hybridized carbons (Fsp3) is 0.727. The van der Waals surface area contributed by atoms with Gasteiger partial charge in [0, 0.05) is 0 Å². The Bertz CT molecular complexity index is 356. The highest BCUT2D eigenvalue weighted by molar-refractivity contribution is 5.88. The van der Waals surface area contributed by atoms with Crippen LogP contribution in [0, 0.1) is 0 Å². The minimum Gasteiger partial charge on any atom is -0.464 e. The molecule has 0 fully saturated rings. The molecule has 0 saturated carbocycles. The van der Waals surface area contributed by atoms with Crippen LogP contribution in [0.25, 0.3) is 0 Å². The van der Waals surface area contributed by atoms with Crippen LogP contribution >= 0.6 is 0 Å². The lowest BCUT2D eigenvalue weighted by Gasteiger charge is -2.14. The average Bonchev–Trinajstić information content (AvgIpc) is 2.73. The van der Waals surface area contributed by atoms with Gasteiger partial charge in [-0.1, -0.05) is 26.0 Å². The van der Waals surface area contributed by atoms with E-state index in [0.717, 1.165) is 25.0 Å². The molecular weight excluding hydrogens is 206 g/mol. The maximum atomic E-state index is 11.5. The zero-order valence-electron chi connectivity index (χ0n) is 10.4. The number of rotatable bonds is 5. The number of aromatic nitrogens is 3. The van der Waals surface area contributed by atoms with Crippen molar-refractivity contribution in [3.05, 3.63) is 11.4 Å². The van der Waals surface area contributed by atoms with Crippen molar-refractivity contribution in [1.29, 1.82) is 0 Å². The normalized spacial score (nSPS) is 10.8. The standard InChI is InChI=1S/C11H19N3O2/c1-5-8(6-2)14-9(7-3)10(12-13-14)11(15)16-4/h8H,5-7H2,1-4H3. The lowest BCUT2D eigenvalue weighted by molar-refractivity contribution is 0.0592. The number of methoxy groups -OCH3 is 1. The van der Waals surface area contributed by atoms with Gasteiger partial charge in [-0.15, -0.1) is 5.10 Å². The summed E-state index contributed by atoms with van der Waals surface area (Å²) in [6.07, 6.45) is 2.69. The molecule has 1 aromatic heterocycles. The SMILES string of the molecule is CCc1c(C(=O)OC)nnn1C(CC)CC. The van der Waals surface area contributed by atoms with Crippen LogP contribution in [-0.4, -0.2) is 28.1 Å². The van der Waals surface area contributed by atoms with Crippen LogP contribution in [0.15, 0.2) is 0 Å². The number of nitrogens with zero attached hydrogens (tertiary/aromatic N) is 3. The molecule has 16 heavy (non-hydrogen) atoms. The molecule has 0 spiro atoms. The molecule has 1 rings (SSSR count). The molecule has 0 radical (unpaired) electrons. The summed E-state index contributed by atoms with van der Waals surface area (Å²) in [5, 5.41) is 7.98. The predicted molar refractivity (Wildman–Crippen MR) is 60.4 cm³/mol. The van der Waals surface area contributed by atoms with E-state index in [1.807, 2.05) is 11.6 Å². The van der Waals surface area contributed by atoms with Gasteiger partial charge in [0.2, 0.25) is 0 Å².